The van der Waals surface area contributed by atoms with Crippen LogP contribution in [0.2, 0.25) is 0 Å². The summed E-state index contributed by atoms with van der Waals surface area (Å²) in [5, 5.41) is 5.20. The van der Waals surface area contributed by atoms with Gasteiger partial charge in [0.1, 0.15) is 12.1 Å². The summed E-state index contributed by atoms with van der Waals surface area (Å²) in [5.74, 6) is 1.37. The number of hydrogen-bond acceptors (Lipinski definition) is 6. The van der Waals surface area contributed by atoms with E-state index in [2.05, 4.69) is 20.3 Å². The Hall–Kier alpha value is -1.69. The van der Waals surface area contributed by atoms with E-state index in [4.69, 9.17) is 4.74 Å². The molecule has 0 bridgehead atoms. The van der Waals surface area contributed by atoms with Crippen molar-refractivity contribution in [3.05, 3.63) is 28.5 Å². The van der Waals surface area contributed by atoms with E-state index in [-0.39, 0.29) is 0 Å². The van der Waals surface area contributed by atoms with Gasteiger partial charge in [-0.05, 0) is 6.92 Å². The number of aromatic nitrogens is 3. The van der Waals surface area contributed by atoms with Gasteiger partial charge in [-0.25, -0.2) is 15.0 Å². The molecule has 0 fully saturated rings. The Labute approximate surface area is 97.5 Å². The van der Waals surface area contributed by atoms with Crippen molar-refractivity contribution in [1.29, 1.82) is 0 Å². The van der Waals surface area contributed by atoms with Gasteiger partial charge < -0.3 is 10.1 Å². The predicted octanol–water partition coefficient (Wildman–Crippen LogP) is 1.86. The summed E-state index contributed by atoms with van der Waals surface area (Å²) in [6.45, 7) is 2.58. The molecule has 0 unspecified atom stereocenters. The largest absolute Gasteiger partial charge is 0.481 e. The second-order valence-corrected chi connectivity index (χ2v) is 3.91. The molecule has 0 aliphatic carbocycles. The maximum absolute atomic E-state index is 5.12. The Morgan fingerprint density at radius 1 is 1.38 bits per heavy atom. The van der Waals surface area contributed by atoms with Crippen LogP contribution in [-0.4, -0.2) is 22.1 Å². The molecule has 0 amide bonds. The minimum absolute atomic E-state index is 0.593. The van der Waals surface area contributed by atoms with Crippen LogP contribution < -0.4 is 10.1 Å². The van der Waals surface area contributed by atoms with Crippen molar-refractivity contribution in [2.24, 2.45) is 0 Å². The molecular formula is C10H12N4OS. The maximum atomic E-state index is 5.12. The molecule has 1 N–H and O–H groups in total. The van der Waals surface area contributed by atoms with E-state index in [1.165, 1.54) is 6.33 Å². The molecule has 0 aliphatic heterocycles. The van der Waals surface area contributed by atoms with E-state index in [0.29, 0.717) is 12.4 Å². The number of nitrogens with one attached hydrogen (secondary N) is 1. The van der Waals surface area contributed by atoms with Gasteiger partial charge >= 0.3 is 0 Å². The lowest BCUT2D eigenvalue weighted by molar-refractivity contribution is 0.393. The molecule has 5 nitrogen and oxygen atoms in total. The second-order valence-electron chi connectivity index (χ2n) is 3.19. The molecule has 16 heavy (non-hydrogen) atoms. The summed E-state index contributed by atoms with van der Waals surface area (Å²) < 4.78 is 5.12. The molecule has 0 radical (unpaired) electrons. The van der Waals surface area contributed by atoms with Gasteiger partial charge in [0.25, 0.3) is 0 Å². The van der Waals surface area contributed by atoms with Crippen LogP contribution in [0.3, 0.4) is 0 Å². The van der Waals surface area contributed by atoms with Crippen molar-refractivity contribution in [1.82, 2.24) is 15.0 Å². The first-order valence-electron chi connectivity index (χ1n) is 4.77. The molecule has 84 valence electrons. The molecule has 0 atom stereocenters. The first-order valence-corrected chi connectivity index (χ1v) is 5.72. The molecule has 0 saturated heterocycles. The molecule has 0 aliphatic rings. The third kappa shape index (κ3) is 2.27. The minimum atomic E-state index is 0.593. The van der Waals surface area contributed by atoms with Crippen LogP contribution in [0.1, 0.15) is 11.3 Å². The molecule has 2 aromatic rings. The summed E-state index contributed by atoms with van der Waals surface area (Å²) in [6.07, 6.45) is 1.48. The van der Waals surface area contributed by atoms with E-state index in [9.17, 15) is 0 Å². The van der Waals surface area contributed by atoms with Crippen LogP contribution in [0.4, 0.5) is 5.82 Å². The van der Waals surface area contributed by atoms with Crippen LogP contribution in [0.15, 0.2) is 17.2 Å². The number of rotatable bonds is 4. The summed E-state index contributed by atoms with van der Waals surface area (Å²) in [6, 6.07) is 0. The van der Waals surface area contributed by atoms with Gasteiger partial charge in [0.05, 0.1) is 30.4 Å². The molecule has 6 heteroatoms. The van der Waals surface area contributed by atoms with Crippen molar-refractivity contribution in [2.75, 3.05) is 12.4 Å². The Morgan fingerprint density at radius 3 is 2.94 bits per heavy atom. The zero-order chi connectivity index (χ0) is 11.4. The van der Waals surface area contributed by atoms with E-state index < -0.39 is 0 Å². The molecule has 2 heterocycles. The lowest BCUT2D eigenvalue weighted by atomic mass is 10.3. The number of thiazole rings is 1. The topological polar surface area (TPSA) is 59.9 Å². The monoisotopic (exact) mass is 236 g/mol. The van der Waals surface area contributed by atoms with Crippen molar-refractivity contribution >= 4 is 17.2 Å². The van der Waals surface area contributed by atoms with Gasteiger partial charge in [-0.3, -0.25) is 0 Å². The quantitative estimate of drug-likeness (QED) is 0.878. The fraction of sp³-hybridized carbons (Fsp3) is 0.300. The number of nitrogens with zero attached hydrogens (tertiary/aromatic N) is 3. The highest BCUT2D eigenvalue weighted by molar-refractivity contribution is 7.07. The summed E-state index contributed by atoms with van der Waals surface area (Å²) in [4.78, 5) is 12.4. The highest BCUT2D eigenvalue weighted by Crippen LogP contribution is 2.20. The Morgan fingerprint density at radius 2 is 2.25 bits per heavy atom. The number of ether oxygens (including phenoxy) is 1. The fourth-order valence-electron chi connectivity index (χ4n) is 1.32. The van der Waals surface area contributed by atoms with Crippen LogP contribution >= 0.6 is 11.3 Å². The van der Waals surface area contributed by atoms with Crippen LogP contribution in [-0.2, 0) is 6.54 Å². The lowest BCUT2D eigenvalue weighted by Gasteiger charge is -2.09. The van der Waals surface area contributed by atoms with Crippen LogP contribution in [0.25, 0.3) is 0 Å². The third-order valence-electron chi connectivity index (χ3n) is 2.15. The Balaban J connectivity index is 2.09. The van der Waals surface area contributed by atoms with Crippen molar-refractivity contribution in [3.8, 4) is 5.88 Å². The zero-order valence-corrected chi connectivity index (χ0v) is 9.91. The first kappa shape index (κ1) is 10.8. The van der Waals surface area contributed by atoms with Gasteiger partial charge in [-0.1, -0.05) is 0 Å². The van der Waals surface area contributed by atoms with Gasteiger partial charge in [-0.15, -0.1) is 11.3 Å². The number of anilines is 1. The van der Waals surface area contributed by atoms with Crippen molar-refractivity contribution in [3.63, 3.8) is 0 Å². The average molecular weight is 236 g/mol. The number of hydrogen-bond donors (Lipinski definition) is 1. The van der Waals surface area contributed by atoms with E-state index >= 15 is 0 Å². The highest BCUT2D eigenvalue weighted by Gasteiger charge is 2.06. The molecule has 2 aromatic heterocycles. The summed E-state index contributed by atoms with van der Waals surface area (Å²) in [5.41, 5.74) is 3.71. The predicted molar refractivity (Wildman–Crippen MR) is 62.8 cm³/mol. The molecule has 2 rings (SSSR count). The standard InChI is InChI=1S/C10H12N4OS/c1-7-9(12-5-13-10(7)15-2)11-3-8-4-16-6-14-8/h4-6H,3H2,1-2H3,(H,11,12,13). The highest BCUT2D eigenvalue weighted by atomic mass is 32.1. The third-order valence-corrected chi connectivity index (χ3v) is 2.79. The molecule has 0 saturated carbocycles. The van der Waals surface area contributed by atoms with Gasteiger partial charge in [-0.2, -0.15) is 0 Å². The number of methoxy groups -OCH3 is 1. The van der Waals surface area contributed by atoms with Gasteiger partial charge in [0.2, 0.25) is 5.88 Å². The van der Waals surface area contributed by atoms with E-state index in [0.717, 1.165) is 17.1 Å². The molecule has 0 spiro atoms. The molecule has 0 aromatic carbocycles. The summed E-state index contributed by atoms with van der Waals surface area (Å²) in [7, 11) is 1.60. The van der Waals surface area contributed by atoms with Gasteiger partial charge in [0.15, 0.2) is 0 Å². The minimum Gasteiger partial charge on any atom is -0.481 e. The smallest absolute Gasteiger partial charge is 0.221 e. The van der Waals surface area contributed by atoms with Crippen molar-refractivity contribution < 1.29 is 4.74 Å². The van der Waals surface area contributed by atoms with Crippen LogP contribution in [0, 0.1) is 6.92 Å². The Bertz CT molecular complexity index is 458. The maximum Gasteiger partial charge on any atom is 0.221 e. The zero-order valence-electron chi connectivity index (χ0n) is 9.10. The van der Waals surface area contributed by atoms with E-state index in [1.54, 1.807) is 18.4 Å². The fourth-order valence-corrected chi connectivity index (χ4v) is 1.88. The Kier molecular flexibility index (Phi) is 3.31. The van der Waals surface area contributed by atoms with E-state index in [1.807, 2.05) is 17.8 Å². The van der Waals surface area contributed by atoms with Gasteiger partial charge in [0, 0.05) is 5.38 Å². The summed E-state index contributed by atoms with van der Waals surface area (Å²) >= 11 is 1.58. The SMILES string of the molecule is COc1ncnc(NCc2cscn2)c1C. The normalized spacial score (nSPS) is 10.1. The van der Waals surface area contributed by atoms with Crippen LogP contribution in [0.5, 0.6) is 5.88 Å². The lowest BCUT2D eigenvalue weighted by Crippen LogP contribution is -2.05. The average Bonchev–Trinajstić information content (AvgIpc) is 2.81. The van der Waals surface area contributed by atoms with Crippen molar-refractivity contribution in [2.45, 2.75) is 13.5 Å². The second kappa shape index (κ2) is 4.89. The molecular weight excluding hydrogens is 224 g/mol. The first-order chi connectivity index (χ1) is 7.81.